The topological polar surface area (TPSA) is 78.8 Å². The first-order chi connectivity index (χ1) is 15.7. The first-order valence-electron chi connectivity index (χ1n) is 11.5. The maximum absolute atomic E-state index is 12.4. The van der Waals surface area contributed by atoms with Crippen LogP contribution in [0, 0.1) is 5.92 Å². The number of hydrogen-bond donors (Lipinski definition) is 2. The maximum atomic E-state index is 12.4. The molecule has 2 aromatic rings. The molecule has 1 saturated heterocycles. The second-order valence-electron chi connectivity index (χ2n) is 8.12. The Bertz CT molecular complexity index is 878. The lowest BCUT2D eigenvalue weighted by atomic mass is 10.1. The van der Waals surface area contributed by atoms with Crippen LogP contribution < -0.4 is 15.4 Å². The summed E-state index contributed by atoms with van der Waals surface area (Å²) in [6.45, 7) is 5.65. The molecule has 1 unspecified atom stereocenters. The van der Waals surface area contributed by atoms with Crippen molar-refractivity contribution in [1.29, 1.82) is 0 Å². The molecular formula is C25H36IN5O2. The van der Waals surface area contributed by atoms with Crippen molar-refractivity contribution in [2.75, 3.05) is 33.3 Å². The van der Waals surface area contributed by atoms with Gasteiger partial charge in [0.15, 0.2) is 5.96 Å². The quantitative estimate of drug-likeness (QED) is 0.188. The predicted molar refractivity (Wildman–Crippen MR) is 143 cm³/mol. The summed E-state index contributed by atoms with van der Waals surface area (Å²) < 4.78 is 5.81. The zero-order valence-corrected chi connectivity index (χ0v) is 22.0. The number of carbonyl (C=O) groups excluding carboxylic acids is 1. The van der Waals surface area contributed by atoms with Crippen LogP contribution in [0.25, 0.3) is 0 Å². The van der Waals surface area contributed by atoms with Crippen LogP contribution in [0.4, 0.5) is 0 Å². The van der Waals surface area contributed by atoms with Gasteiger partial charge in [-0.05, 0) is 24.5 Å². The van der Waals surface area contributed by atoms with Gasteiger partial charge in [-0.3, -0.25) is 9.79 Å². The highest BCUT2D eigenvalue weighted by molar-refractivity contribution is 14.0. The SMILES string of the molecule is CCCCOc1ncccc1CNC(=NC)NCC1CC(=O)N(CCc2ccccc2)C1.I. The van der Waals surface area contributed by atoms with Gasteiger partial charge in [-0.1, -0.05) is 49.7 Å². The van der Waals surface area contributed by atoms with Gasteiger partial charge in [0.05, 0.1) is 6.61 Å². The average Bonchev–Trinajstić information content (AvgIpc) is 3.18. The fourth-order valence-electron chi connectivity index (χ4n) is 3.76. The molecule has 1 aliphatic rings. The molecule has 3 rings (SSSR count). The third kappa shape index (κ3) is 8.83. The standard InChI is InChI=1S/C25H35N5O2.HI/c1-3-4-15-32-24-22(11-8-13-27-24)18-29-25(26-2)28-17-21-16-23(31)30(19-21)14-12-20-9-6-5-7-10-20;/h5-11,13,21H,3-4,12,14-19H2,1-2H3,(H2,26,28,29);1H. The summed E-state index contributed by atoms with van der Waals surface area (Å²) in [6, 6.07) is 14.2. The molecule has 7 nitrogen and oxygen atoms in total. The molecule has 8 heteroatoms. The van der Waals surface area contributed by atoms with Crippen molar-refractivity contribution in [3.8, 4) is 5.88 Å². The molecule has 2 N–H and O–H groups in total. The number of rotatable bonds is 11. The molecule has 2 heterocycles. The van der Waals surface area contributed by atoms with E-state index in [0.29, 0.717) is 38.0 Å². The van der Waals surface area contributed by atoms with Crippen LogP contribution in [0.2, 0.25) is 0 Å². The number of aromatic nitrogens is 1. The third-order valence-electron chi connectivity index (χ3n) is 5.62. The number of likely N-dealkylation sites (tertiary alicyclic amines) is 1. The summed E-state index contributed by atoms with van der Waals surface area (Å²) in [4.78, 5) is 23.1. The van der Waals surface area contributed by atoms with Gasteiger partial charge < -0.3 is 20.3 Å². The van der Waals surface area contributed by atoms with Gasteiger partial charge in [0, 0.05) is 57.3 Å². The number of nitrogens with one attached hydrogen (secondary N) is 2. The number of amides is 1. The molecule has 0 radical (unpaired) electrons. The minimum atomic E-state index is 0. The van der Waals surface area contributed by atoms with E-state index in [4.69, 9.17) is 4.74 Å². The Hall–Kier alpha value is -2.36. The molecule has 1 fully saturated rings. The second kappa shape index (κ2) is 14.7. The van der Waals surface area contributed by atoms with Crippen LogP contribution in [-0.4, -0.2) is 55.0 Å². The summed E-state index contributed by atoms with van der Waals surface area (Å²) in [5.74, 6) is 1.89. The lowest BCUT2D eigenvalue weighted by molar-refractivity contribution is -0.127. The number of carbonyl (C=O) groups is 1. The van der Waals surface area contributed by atoms with Crippen molar-refractivity contribution in [1.82, 2.24) is 20.5 Å². The molecule has 1 aromatic carbocycles. The molecule has 0 bridgehead atoms. The zero-order chi connectivity index (χ0) is 22.6. The van der Waals surface area contributed by atoms with Crippen LogP contribution in [0.3, 0.4) is 0 Å². The highest BCUT2D eigenvalue weighted by Crippen LogP contribution is 2.18. The Morgan fingerprint density at radius 1 is 1.21 bits per heavy atom. The summed E-state index contributed by atoms with van der Waals surface area (Å²) >= 11 is 0. The predicted octanol–water partition coefficient (Wildman–Crippen LogP) is 3.63. The molecule has 1 aliphatic heterocycles. The Morgan fingerprint density at radius 3 is 2.79 bits per heavy atom. The van der Waals surface area contributed by atoms with E-state index in [9.17, 15) is 4.79 Å². The van der Waals surface area contributed by atoms with E-state index >= 15 is 0 Å². The summed E-state index contributed by atoms with van der Waals surface area (Å²) in [5.41, 5.74) is 2.26. The van der Waals surface area contributed by atoms with Crippen LogP contribution in [0.1, 0.15) is 37.3 Å². The first kappa shape index (κ1) is 26.9. The van der Waals surface area contributed by atoms with Gasteiger partial charge in [-0.25, -0.2) is 4.98 Å². The van der Waals surface area contributed by atoms with Gasteiger partial charge in [-0.15, -0.1) is 24.0 Å². The number of nitrogens with zero attached hydrogens (tertiary/aromatic N) is 3. The van der Waals surface area contributed by atoms with Gasteiger partial charge in [0.25, 0.3) is 0 Å². The van der Waals surface area contributed by atoms with Gasteiger partial charge in [-0.2, -0.15) is 0 Å². The Labute approximate surface area is 214 Å². The van der Waals surface area contributed by atoms with Crippen molar-refractivity contribution >= 4 is 35.8 Å². The summed E-state index contributed by atoms with van der Waals surface area (Å²) in [5, 5.41) is 6.70. The van der Waals surface area contributed by atoms with Gasteiger partial charge in [0.2, 0.25) is 11.8 Å². The molecule has 1 aromatic heterocycles. The van der Waals surface area contributed by atoms with Gasteiger partial charge >= 0.3 is 0 Å². The molecule has 180 valence electrons. The molecule has 1 amide bonds. The largest absolute Gasteiger partial charge is 0.477 e. The fourth-order valence-corrected chi connectivity index (χ4v) is 3.76. The van der Waals surface area contributed by atoms with Crippen molar-refractivity contribution in [2.45, 2.75) is 39.2 Å². The minimum Gasteiger partial charge on any atom is -0.477 e. The van der Waals surface area contributed by atoms with Crippen molar-refractivity contribution in [3.05, 3.63) is 59.8 Å². The molecular weight excluding hydrogens is 529 g/mol. The highest BCUT2D eigenvalue weighted by Gasteiger charge is 2.29. The fraction of sp³-hybridized carbons (Fsp3) is 0.480. The number of hydrogen-bond acceptors (Lipinski definition) is 4. The first-order valence-corrected chi connectivity index (χ1v) is 11.5. The second-order valence-corrected chi connectivity index (χ2v) is 8.12. The number of aliphatic imine (C=N–C) groups is 1. The zero-order valence-electron chi connectivity index (χ0n) is 19.6. The number of unbranched alkanes of at least 4 members (excludes halogenated alkanes) is 1. The minimum absolute atomic E-state index is 0. The lowest BCUT2D eigenvalue weighted by Gasteiger charge is -2.18. The Balaban J connectivity index is 0.00000385. The van der Waals surface area contributed by atoms with Crippen LogP contribution in [0.5, 0.6) is 5.88 Å². The molecule has 33 heavy (non-hydrogen) atoms. The molecule has 0 saturated carbocycles. The number of ether oxygens (including phenoxy) is 1. The van der Waals surface area contributed by atoms with Crippen LogP contribution in [-0.2, 0) is 17.8 Å². The van der Waals surface area contributed by atoms with Crippen LogP contribution in [0.15, 0.2) is 53.7 Å². The summed E-state index contributed by atoms with van der Waals surface area (Å²) in [6.07, 6.45) is 5.32. The van der Waals surface area contributed by atoms with Crippen molar-refractivity contribution in [3.63, 3.8) is 0 Å². The number of benzene rings is 1. The Morgan fingerprint density at radius 2 is 2.03 bits per heavy atom. The number of halogens is 1. The molecule has 0 spiro atoms. The van der Waals surface area contributed by atoms with Crippen molar-refractivity contribution in [2.24, 2.45) is 10.9 Å². The highest BCUT2D eigenvalue weighted by atomic mass is 127. The Kier molecular flexibility index (Phi) is 12.0. The third-order valence-corrected chi connectivity index (χ3v) is 5.62. The number of pyridine rings is 1. The van der Waals surface area contributed by atoms with E-state index in [-0.39, 0.29) is 35.8 Å². The van der Waals surface area contributed by atoms with Crippen molar-refractivity contribution < 1.29 is 9.53 Å². The smallest absolute Gasteiger partial charge is 0.223 e. The normalized spacial score (nSPS) is 15.8. The van der Waals surface area contributed by atoms with E-state index in [1.165, 1.54) is 5.56 Å². The van der Waals surface area contributed by atoms with E-state index in [1.54, 1.807) is 13.2 Å². The van der Waals surface area contributed by atoms with Crippen LogP contribution >= 0.6 is 24.0 Å². The summed E-state index contributed by atoms with van der Waals surface area (Å²) in [7, 11) is 1.75. The van der Waals surface area contributed by atoms with E-state index in [0.717, 1.165) is 37.9 Å². The lowest BCUT2D eigenvalue weighted by Crippen LogP contribution is -2.40. The van der Waals surface area contributed by atoms with E-state index < -0.39 is 0 Å². The van der Waals surface area contributed by atoms with E-state index in [1.807, 2.05) is 35.2 Å². The average molecular weight is 566 g/mol. The molecule has 0 aliphatic carbocycles. The molecule has 1 atom stereocenters. The van der Waals surface area contributed by atoms with Gasteiger partial charge in [0.1, 0.15) is 0 Å². The maximum Gasteiger partial charge on any atom is 0.223 e. The van der Waals surface area contributed by atoms with E-state index in [2.05, 4.69) is 39.7 Å². The monoisotopic (exact) mass is 565 g/mol. The number of guanidine groups is 1.